The first-order valence-electron chi connectivity index (χ1n) is 12.2. The van der Waals surface area contributed by atoms with Crippen LogP contribution in [0.4, 0.5) is 11.4 Å². The number of hydrogen-bond donors (Lipinski definition) is 0. The van der Waals surface area contributed by atoms with Gasteiger partial charge in [-0.3, -0.25) is 0 Å². The third kappa shape index (κ3) is 5.09. The SMILES string of the molecule is c1ccc(COc2ccc(N3CCCC3)cc2N2CCC(Cc3ccccc3)CC2)cc1. The summed E-state index contributed by atoms with van der Waals surface area (Å²) < 4.78 is 6.36. The molecule has 0 bridgehead atoms. The number of nitrogens with zero attached hydrogens (tertiary/aromatic N) is 2. The molecule has 3 aromatic carbocycles. The second-order valence-corrected chi connectivity index (χ2v) is 9.24. The van der Waals surface area contributed by atoms with Crippen LogP contribution in [0.15, 0.2) is 78.9 Å². The van der Waals surface area contributed by atoms with Gasteiger partial charge in [0.1, 0.15) is 12.4 Å². The summed E-state index contributed by atoms with van der Waals surface area (Å²) in [7, 11) is 0. The van der Waals surface area contributed by atoms with Crippen LogP contribution in [0.3, 0.4) is 0 Å². The average Bonchev–Trinajstić information content (AvgIpc) is 3.40. The number of hydrogen-bond acceptors (Lipinski definition) is 3. The van der Waals surface area contributed by atoms with E-state index in [1.807, 2.05) is 0 Å². The lowest BCUT2D eigenvalue weighted by Crippen LogP contribution is -2.34. The number of benzene rings is 3. The predicted molar refractivity (Wildman–Crippen MR) is 134 cm³/mol. The highest BCUT2D eigenvalue weighted by Crippen LogP contribution is 2.37. The van der Waals surface area contributed by atoms with Crippen molar-refractivity contribution in [1.82, 2.24) is 0 Å². The second kappa shape index (κ2) is 10.1. The van der Waals surface area contributed by atoms with Crippen LogP contribution in [0.25, 0.3) is 0 Å². The molecule has 3 heteroatoms. The highest BCUT2D eigenvalue weighted by Gasteiger charge is 2.23. The average molecular weight is 427 g/mol. The molecule has 3 aromatic rings. The molecule has 0 aromatic heterocycles. The molecule has 2 aliphatic heterocycles. The molecule has 2 aliphatic rings. The molecule has 0 atom stereocenters. The molecule has 0 spiro atoms. The molecule has 5 rings (SSSR count). The lowest BCUT2D eigenvalue weighted by Gasteiger charge is -2.35. The van der Waals surface area contributed by atoms with Crippen molar-refractivity contribution in [2.45, 2.75) is 38.7 Å². The zero-order valence-corrected chi connectivity index (χ0v) is 19.0. The molecule has 0 radical (unpaired) electrons. The summed E-state index contributed by atoms with van der Waals surface area (Å²) >= 11 is 0. The fourth-order valence-electron chi connectivity index (χ4n) is 5.11. The van der Waals surface area contributed by atoms with Crippen LogP contribution in [0.2, 0.25) is 0 Å². The Hall–Kier alpha value is -2.94. The maximum atomic E-state index is 6.36. The second-order valence-electron chi connectivity index (χ2n) is 9.24. The van der Waals surface area contributed by atoms with Gasteiger partial charge in [0.25, 0.3) is 0 Å². The van der Waals surface area contributed by atoms with Crippen LogP contribution in [0, 0.1) is 5.92 Å². The van der Waals surface area contributed by atoms with E-state index < -0.39 is 0 Å². The normalized spacial score (nSPS) is 17.0. The van der Waals surface area contributed by atoms with E-state index in [1.165, 1.54) is 67.7 Å². The number of anilines is 2. The van der Waals surface area contributed by atoms with E-state index in [-0.39, 0.29) is 0 Å². The minimum absolute atomic E-state index is 0.612. The largest absolute Gasteiger partial charge is 0.487 e. The van der Waals surface area contributed by atoms with Crippen LogP contribution < -0.4 is 14.5 Å². The van der Waals surface area contributed by atoms with Gasteiger partial charge in [-0.25, -0.2) is 0 Å². The van der Waals surface area contributed by atoms with Crippen LogP contribution in [-0.4, -0.2) is 26.2 Å². The van der Waals surface area contributed by atoms with Gasteiger partial charge in [0.15, 0.2) is 0 Å². The Morgan fingerprint density at radius 1 is 0.688 bits per heavy atom. The minimum atomic E-state index is 0.612. The number of ether oxygens (including phenoxy) is 1. The van der Waals surface area contributed by atoms with Crippen molar-refractivity contribution in [3.8, 4) is 5.75 Å². The smallest absolute Gasteiger partial charge is 0.143 e. The molecule has 32 heavy (non-hydrogen) atoms. The molecule has 3 nitrogen and oxygen atoms in total. The minimum Gasteiger partial charge on any atom is -0.487 e. The summed E-state index contributed by atoms with van der Waals surface area (Å²) in [5, 5.41) is 0. The quantitative estimate of drug-likeness (QED) is 0.439. The van der Waals surface area contributed by atoms with Crippen LogP contribution >= 0.6 is 0 Å². The molecular formula is C29H34N2O. The summed E-state index contributed by atoms with van der Waals surface area (Å²) in [6, 6.07) is 28.2. The van der Waals surface area contributed by atoms with Crippen LogP contribution in [0.5, 0.6) is 5.75 Å². The highest BCUT2D eigenvalue weighted by atomic mass is 16.5. The molecule has 0 saturated carbocycles. The Labute approximate surface area is 192 Å². The maximum Gasteiger partial charge on any atom is 0.143 e. The Morgan fingerprint density at radius 2 is 1.34 bits per heavy atom. The van der Waals surface area contributed by atoms with Crippen molar-refractivity contribution >= 4 is 11.4 Å². The van der Waals surface area contributed by atoms with Gasteiger partial charge in [0.2, 0.25) is 0 Å². The van der Waals surface area contributed by atoms with Gasteiger partial charge in [-0.15, -0.1) is 0 Å². The maximum absolute atomic E-state index is 6.36. The summed E-state index contributed by atoms with van der Waals surface area (Å²) in [5.41, 5.74) is 5.29. The molecule has 0 aliphatic carbocycles. The number of rotatable bonds is 7. The Balaban J connectivity index is 1.30. The zero-order chi connectivity index (χ0) is 21.6. The summed E-state index contributed by atoms with van der Waals surface area (Å²) in [4.78, 5) is 5.08. The first-order chi connectivity index (χ1) is 15.8. The van der Waals surface area contributed by atoms with Crippen molar-refractivity contribution in [3.63, 3.8) is 0 Å². The van der Waals surface area contributed by atoms with Gasteiger partial charge >= 0.3 is 0 Å². The van der Waals surface area contributed by atoms with Crippen molar-refractivity contribution in [1.29, 1.82) is 0 Å². The highest BCUT2D eigenvalue weighted by molar-refractivity contribution is 5.67. The van der Waals surface area contributed by atoms with E-state index in [2.05, 4.69) is 88.7 Å². The molecular weight excluding hydrogens is 392 g/mol. The fourth-order valence-corrected chi connectivity index (χ4v) is 5.11. The van der Waals surface area contributed by atoms with Gasteiger partial charge in [0.05, 0.1) is 5.69 Å². The molecule has 2 fully saturated rings. The monoisotopic (exact) mass is 426 g/mol. The summed E-state index contributed by atoms with van der Waals surface area (Å²) in [5.74, 6) is 1.78. The molecule has 0 unspecified atom stereocenters. The topological polar surface area (TPSA) is 15.7 Å². The lowest BCUT2D eigenvalue weighted by molar-refractivity contribution is 0.305. The molecule has 0 N–H and O–H groups in total. The van der Waals surface area contributed by atoms with E-state index in [1.54, 1.807) is 0 Å². The van der Waals surface area contributed by atoms with Gasteiger partial charge in [-0.05, 0) is 67.3 Å². The first kappa shape index (κ1) is 20.9. The number of piperidine rings is 1. The Kier molecular flexibility index (Phi) is 6.62. The predicted octanol–water partition coefficient (Wildman–Crippen LogP) is 6.32. The first-order valence-corrected chi connectivity index (χ1v) is 12.2. The van der Waals surface area contributed by atoms with Gasteiger partial charge in [0, 0.05) is 31.9 Å². The van der Waals surface area contributed by atoms with Crippen molar-refractivity contribution in [2.24, 2.45) is 5.92 Å². The molecule has 166 valence electrons. The van der Waals surface area contributed by atoms with Crippen molar-refractivity contribution < 1.29 is 4.74 Å². The van der Waals surface area contributed by atoms with E-state index >= 15 is 0 Å². The van der Waals surface area contributed by atoms with Crippen molar-refractivity contribution in [2.75, 3.05) is 36.0 Å². The van der Waals surface area contributed by atoms with Crippen LogP contribution in [0.1, 0.15) is 36.8 Å². The zero-order valence-electron chi connectivity index (χ0n) is 19.0. The van der Waals surface area contributed by atoms with Gasteiger partial charge < -0.3 is 14.5 Å². The fraction of sp³-hybridized carbons (Fsp3) is 0.379. The van der Waals surface area contributed by atoms with Crippen LogP contribution in [-0.2, 0) is 13.0 Å². The Bertz CT molecular complexity index is 975. The standard InChI is InChI=1S/C29H34N2O/c1-3-9-24(10-4-1)21-25-15-19-31(20-16-25)28-22-27(30-17-7-8-18-30)13-14-29(28)32-23-26-11-5-2-6-12-26/h1-6,9-14,22,25H,7-8,15-21,23H2. The van der Waals surface area contributed by atoms with E-state index in [9.17, 15) is 0 Å². The third-order valence-corrected chi connectivity index (χ3v) is 6.97. The Morgan fingerprint density at radius 3 is 2.03 bits per heavy atom. The molecule has 0 amide bonds. The van der Waals surface area contributed by atoms with Gasteiger partial charge in [-0.1, -0.05) is 60.7 Å². The summed E-state index contributed by atoms with van der Waals surface area (Å²) in [6.07, 6.45) is 6.26. The van der Waals surface area contributed by atoms with E-state index in [0.717, 1.165) is 24.8 Å². The third-order valence-electron chi connectivity index (χ3n) is 6.97. The molecule has 2 saturated heterocycles. The van der Waals surface area contributed by atoms with Crippen molar-refractivity contribution in [3.05, 3.63) is 90.0 Å². The van der Waals surface area contributed by atoms with E-state index in [4.69, 9.17) is 4.74 Å². The van der Waals surface area contributed by atoms with Gasteiger partial charge in [-0.2, -0.15) is 0 Å². The van der Waals surface area contributed by atoms with E-state index in [0.29, 0.717) is 6.61 Å². The molecule has 2 heterocycles. The summed E-state index contributed by atoms with van der Waals surface area (Å²) in [6.45, 7) is 5.15. The lowest BCUT2D eigenvalue weighted by atomic mass is 9.90.